The van der Waals surface area contributed by atoms with E-state index in [1.165, 1.54) is 0 Å². The molecule has 0 heterocycles. The number of aromatic hydroxyl groups is 1. The molecule has 1 aromatic carbocycles. The average molecular weight is 294 g/mol. The minimum atomic E-state index is -0.579. The van der Waals surface area contributed by atoms with Crippen molar-refractivity contribution in [1.82, 2.24) is 0 Å². The summed E-state index contributed by atoms with van der Waals surface area (Å²) < 4.78 is 3.72. The van der Waals surface area contributed by atoms with Gasteiger partial charge in [0.15, 0.2) is 0 Å². The Morgan fingerprint density at radius 1 is 1.05 bits per heavy atom. The van der Waals surface area contributed by atoms with Crippen molar-refractivity contribution in [2.24, 2.45) is 0 Å². The summed E-state index contributed by atoms with van der Waals surface area (Å²) in [4.78, 5) is 18.8. The quantitative estimate of drug-likeness (QED) is 0.487. The molecule has 118 valence electrons. The Bertz CT molecular complexity index is 458. The van der Waals surface area contributed by atoms with E-state index >= 15 is 0 Å². The maximum atomic E-state index is 10.3. The zero-order valence-corrected chi connectivity index (χ0v) is 14.0. The van der Waals surface area contributed by atoms with Gasteiger partial charge in [0.1, 0.15) is 5.75 Å². The first-order valence-corrected chi connectivity index (χ1v) is 6.85. The summed E-state index contributed by atoms with van der Waals surface area (Å²) in [7, 11) is 0. The SMILES string of the molecule is CC(=O)OC=O.CC(C)(C)c1cccc(C(C)(C)C)c1O. The molecular formula is C17H26O4. The first kappa shape index (κ1) is 19.2. The molecule has 0 aromatic heterocycles. The Hall–Kier alpha value is -1.84. The van der Waals surface area contributed by atoms with Crippen LogP contribution in [0.4, 0.5) is 0 Å². The fraction of sp³-hybridized carbons (Fsp3) is 0.529. The zero-order valence-electron chi connectivity index (χ0n) is 14.0. The average Bonchev–Trinajstić information content (AvgIpc) is 2.26. The molecule has 0 atom stereocenters. The molecule has 4 nitrogen and oxygen atoms in total. The summed E-state index contributed by atoms with van der Waals surface area (Å²) in [5.74, 6) is -0.123. The van der Waals surface area contributed by atoms with Gasteiger partial charge in [-0.2, -0.15) is 0 Å². The van der Waals surface area contributed by atoms with E-state index in [-0.39, 0.29) is 17.3 Å². The van der Waals surface area contributed by atoms with E-state index in [9.17, 15) is 14.7 Å². The Morgan fingerprint density at radius 3 is 1.62 bits per heavy atom. The molecule has 0 spiro atoms. The van der Waals surface area contributed by atoms with Gasteiger partial charge in [0.2, 0.25) is 0 Å². The van der Waals surface area contributed by atoms with Crippen LogP contribution in [0.1, 0.15) is 59.6 Å². The first-order chi connectivity index (χ1) is 9.41. The van der Waals surface area contributed by atoms with E-state index in [1.807, 2.05) is 18.2 Å². The molecule has 21 heavy (non-hydrogen) atoms. The van der Waals surface area contributed by atoms with Crippen molar-refractivity contribution < 1.29 is 19.4 Å². The van der Waals surface area contributed by atoms with Gasteiger partial charge in [-0.25, -0.2) is 0 Å². The molecule has 1 aromatic rings. The van der Waals surface area contributed by atoms with Crippen molar-refractivity contribution in [2.45, 2.75) is 59.3 Å². The van der Waals surface area contributed by atoms with E-state index in [4.69, 9.17) is 0 Å². The summed E-state index contributed by atoms with van der Waals surface area (Å²) in [6.45, 7) is 14.0. The molecule has 1 rings (SSSR count). The molecule has 1 N–H and O–H groups in total. The van der Waals surface area contributed by atoms with E-state index < -0.39 is 5.97 Å². The van der Waals surface area contributed by atoms with E-state index in [0.717, 1.165) is 18.1 Å². The van der Waals surface area contributed by atoms with Crippen LogP contribution in [0.3, 0.4) is 0 Å². The minimum Gasteiger partial charge on any atom is -0.507 e. The molecule has 0 aliphatic rings. The van der Waals surface area contributed by atoms with Gasteiger partial charge in [-0.15, -0.1) is 0 Å². The molecule has 4 heteroatoms. The van der Waals surface area contributed by atoms with Gasteiger partial charge in [-0.1, -0.05) is 59.7 Å². The number of phenolic OH excluding ortho intramolecular Hbond substituents is 1. The fourth-order valence-electron chi connectivity index (χ4n) is 1.82. The second kappa shape index (κ2) is 7.25. The highest BCUT2D eigenvalue weighted by Gasteiger charge is 2.24. The van der Waals surface area contributed by atoms with Crippen LogP contribution < -0.4 is 0 Å². The standard InChI is InChI=1S/C14H22O.C3H4O3/c1-13(2,3)10-8-7-9-11(12(10)15)14(4,5)6;1-3(5)6-2-4/h7-9,15H,1-6H3;2H,1H3. The van der Waals surface area contributed by atoms with Crippen molar-refractivity contribution in [1.29, 1.82) is 0 Å². The molecular weight excluding hydrogens is 268 g/mol. The van der Waals surface area contributed by atoms with Crippen LogP contribution in [0.5, 0.6) is 5.75 Å². The van der Waals surface area contributed by atoms with Crippen LogP contribution in [0.25, 0.3) is 0 Å². The van der Waals surface area contributed by atoms with Gasteiger partial charge < -0.3 is 9.84 Å². The van der Waals surface area contributed by atoms with Crippen molar-refractivity contribution in [3.63, 3.8) is 0 Å². The molecule has 0 aliphatic carbocycles. The first-order valence-electron chi connectivity index (χ1n) is 6.85. The summed E-state index contributed by atoms with van der Waals surface area (Å²) in [5, 5.41) is 10.3. The summed E-state index contributed by atoms with van der Waals surface area (Å²) in [6, 6.07) is 6.04. The number of esters is 1. The topological polar surface area (TPSA) is 63.6 Å². The van der Waals surface area contributed by atoms with Gasteiger partial charge in [0.25, 0.3) is 0 Å². The summed E-state index contributed by atoms with van der Waals surface area (Å²) in [5.41, 5.74) is 2.03. The predicted molar refractivity (Wildman–Crippen MR) is 83.3 cm³/mol. The number of carbonyl (C=O) groups is 2. The highest BCUT2D eigenvalue weighted by molar-refractivity contribution is 5.73. The van der Waals surface area contributed by atoms with E-state index in [2.05, 4.69) is 46.3 Å². The molecule has 0 fully saturated rings. The normalized spacial score (nSPS) is 11.2. The predicted octanol–water partition coefficient (Wildman–Crippen LogP) is 3.69. The number of rotatable bonds is 1. The Balaban J connectivity index is 0.000000567. The third-order valence-corrected chi connectivity index (χ3v) is 2.87. The van der Waals surface area contributed by atoms with Crippen LogP contribution in [0.15, 0.2) is 18.2 Å². The summed E-state index contributed by atoms with van der Waals surface area (Å²) >= 11 is 0. The smallest absolute Gasteiger partial charge is 0.310 e. The van der Waals surface area contributed by atoms with Crippen molar-refractivity contribution in [3.8, 4) is 5.75 Å². The maximum absolute atomic E-state index is 10.3. The third-order valence-electron chi connectivity index (χ3n) is 2.87. The lowest BCUT2D eigenvalue weighted by Gasteiger charge is -2.26. The van der Waals surface area contributed by atoms with Gasteiger partial charge in [0.05, 0.1) is 0 Å². The van der Waals surface area contributed by atoms with Gasteiger partial charge in [0, 0.05) is 6.92 Å². The lowest BCUT2D eigenvalue weighted by atomic mass is 9.80. The molecule has 0 saturated carbocycles. The second-order valence-corrected chi connectivity index (χ2v) is 6.91. The molecule has 0 aliphatic heterocycles. The monoisotopic (exact) mass is 294 g/mol. The van der Waals surface area contributed by atoms with Crippen molar-refractivity contribution in [3.05, 3.63) is 29.3 Å². The van der Waals surface area contributed by atoms with Crippen LogP contribution >= 0.6 is 0 Å². The molecule has 0 amide bonds. The minimum absolute atomic E-state index is 0.00859. The van der Waals surface area contributed by atoms with Crippen molar-refractivity contribution >= 4 is 12.4 Å². The van der Waals surface area contributed by atoms with Crippen LogP contribution in [0, 0.1) is 0 Å². The number of benzene rings is 1. The molecule has 0 radical (unpaired) electrons. The molecule has 0 saturated heterocycles. The number of ether oxygens (including phenoxy) is 1. The number of para-hydroxylation sites is 1. The highest BCUT2D eigenvalue weighted by Crippen LogP contribution is 2.38. The molecule has 0 bridgehead atoms. The van der Waals surface area contributed by atoms with Gasteiger partial charge in [-0.3, -0.25) is 9.59 Å². The van der Waals surface area contributed by atoms with Crippen LogP contribution in [-0.2, 0) is 25.2 Å². The van der Waals surface area contributed by atoms with Crippen LogP contribution in [0.2, 0.25) is 0 Å². The largest absolute Gasteiger partial charge is 0.507 e. The number of hydrogen-bond acceptors (Lipinski definition) is 4. The third kappa shape index (κ3) is 6.43. The van der Waals surface area contributed by atoms with Gasteiger partial charge >= 0.3 is 12.4 Å². The lowest BCUT2D eigenvalue weighted by molar-refractivity contribution is -0.149. The van der Waals surface area contributed by atoms with E-state index in [0.29, 0.717) is 5.75 Å². The highest BCUT2D eigenvalue weighted by atomic mass is 16.6. The number of phenols is 1. The maximum Gasteiger partial charge on any atom is 0.310 e. The fourth-order valence-corrected chi connectivity index (χ4v) is 1.82. The Labute approximate surface area is 127 Å². The Morgan fingerprint density at radius 2 is 1.43 bits per heavy atom. The summed E-state index contributed by atoms with van der Waals surface area (Å²) in [6.07, 6.45) is 0. The van der Waals surface area contributed by atoms with Crippen LogP contribution in [-0.4, -0.2) is 17.5 Å². The Kier molecular flexibility index (Phi) is 6.61. The zero-order chi connectivity index (χ0) is 16.8. The second-order valence-electron chi connectivity index (χ2n) is 6.91. The number of carbonyl (C=O) groups excluding carboxylic acids is 2. The van der Waals surface area contributed by atoms with E-state index in [1.54, 1.807) is 0 Å². The van der Waals surface area contributed by atoms with Crippen molar-refractivity contribution in [2.75, 3.05) is 0 Å². The lowest BCUT2D eigenvalue weighted by Crippen LogP contribution is -2.16. The molecule has 0 unspecified atom stereocenters. The van der Waals surface area contributed by atoms with Gasteiger partial charge in [-0.05, 0) is 22.0 Å². The number of hydrogen-bond donors (Lipinski definition) is 1.